The van der Waals surface area contributed by atoms with Crippen LogP contribution in [0, 0.1) is 29.6 Å². The minimum absolute atomic E-state index is 1.02. The highest BCUT2D eigenvalue weighted by Crippen LogP contribution is 2.65. The molecule has 2 saturated carbocycles. The molecule has 5 unspecified atom stereocenters. The second-order valence-electron chi connectivity index (χ2n) is 5.19. The van der Waals surface area contributed by atoms with Crippen molar-refractivity contribution in [1.29, 1.82) is 0 Å². The van der Waals surface area contributed by atoms with Crippen LogP contribution >= 0.6 is 11.8 Å². The number of thioether (sulfide) groups is 1. The van der Waals surface area contributed by atoms with Crippen LogP contribution in [0.1, 0.15) is 27.2 Å². The Morgan fingerprint density at radius 3 is 2.25 bits per heavy atom. The first-order valence-corrected chi connectivity index (χ1v) is 6.30. The molecular formula is C11H18S. The van der Waals surface area contributed by atoms with Gasteiger partial charge in [-0.05, 0) is 36.0 Å². The fraction of sp³-hybridized carbons (Fsp3) is 1.00. The largest absolute Gasteiger partial charge is 0.154 e. The topological polar surface area (TPSA) is 0 Å². The van der Waals surface area contributed by atoms with Gasteiger partial charge in [0.2, 0.25) is 0 Å². The van der Waals surface area contributed by atoms with Crippen LogP contribution in [0.4, 0.5) is 0 Å². The second-order valence-corrected chi connectivity index (χ2v) is 6.62. The first-order chi connectivity index (χ1) is 5.70. The Kier molecular flexibility index (Phi) is 1.44. The Bertz CT molecular complexity index is 203. The summed E-state index contributed by atoms with van der Waals surface area (Å²) >= 11 is 2.32. The highest BCUT2D eigenvalue weighted by molar-refractivity contribution is 8.00. The zero-order valence-corrected chi connectivity index (χ0v) is 8.97. The van der Waals surface area contributed by atoms with Crippen LogP contribution in [0.15, 0.2) is 0 Å². The molecule has 2 aliphatic carbocycles. The molecule has 0 N–H and O–H groups in total. The molecule has 6 fully saturated rings. The first-order valence-electron chi connectivity index (χ1n) is 5.35. The lowest BCUT2D eigenvalue weighted by atomic mass is 9.53. The molecule has 0 aromatic carbocycles. The Balaban J connectivity index is 1.92. The average molecular weight is 182 g/mol. The van der Waals surface area contributed by atoms with E-state index in [2.05, 4.69) is 32.5 Å². The van der Waals surface area contributed by atoms with Crippen molar-refractivity contribution in [1.82, 2.24) is 0 Å². The summed E-state index contributed by atoms with van der Waals surface area (Å²) in [5.74, 6) is 5.30. The average Bonchev–Trinajstić information content (AvgIpc) is 2.40. The molecule has 6 aliphatic rings. The lowest BCUT2D eigenvalue weighted by molar-refractivity contribution is -0.000229. The Morgan fingerprint density at radius 2 is 1.67 bits per heavy atom. The molecule has 0 aromatic heterocycles. The Morgan fingerprint density at radius 1 is 1.00 bits per heavy atom. The smallest absolute Gasteiger partial charge is 0.0107 e. The predicted molar refractivity (Wildman–Crippen MR) is 54.3 cm³/mol. The van der Waals surface area contributed by atoms with E-state index in [1.54, 1.807) is 6.42 Å². The molecule has 12 heavy (non-hydrogen) atoms. The van der Waals surface area contributed by atoms with E-state index < -0.39 is 0 Å². The van der Waals surface area contributed by atoms with Gasteiger partial charge in [0, 0.05) is 10.5 Å². The van der Waals surface area contributed by atoms with Crippen LogP contribution in [0.5, 0.6) is 0 Å². The highest BCUT2D eigenvalue weighted by atomic mass is 32.2. The molecule has 0 spiro atoms. The highest BCUT2D eigenvalue weighted by Gasteiger charge is 2.59. The van der Waals surface area contributed by atoms with Crippen molar-refractivity contribution in [2.24, 2.45) is 29.6 Å². The van der Waals surface area contributed by atoms with E-state index in [-0.39, 0.29) is 0 Å². The monoisotopic (exact) mass is 182 g/mol. The van der Waals surface area contributed by atoms with Crippen LogP contribution in [0.2, 0.25) is 0 Å². The minimum Gasteiger partial charge on any atom is -0.154 e. The number of hydrogen-bond donors (Lipinski definition) is 0. The number of hydrogen-bond acceptors (Lipinski definition) is 1. The zero-order chi connectivity index (χ0) is 8.46. The van der Waals surface area contributed by atoms with E-state index >= 15 is 0 Å². The van der Waals surface area contributed by atoms with Crippen LogP contribution < -0.4 is 0 Å². The normalized spacial score (nSPS) is 67.8. The van der Waals surface area contributed by atoms with Crippen molar-refractivity contribution in [3.8, 4) is 0 Å². The summed E-state index contributed by atoms with van der Waals surface area (Å²) in [6.45, 7) is 7.44. The van der Waals surface area contributed by atoms with Gasteiger partial charge in [0.25, 0.3) is 0 Å². The van der Waals surface area contributed by atoms with E-state index in [1.807, 2.05) is 0 Å². The first kappa shape index (κ1) is 7.73. The standard InChI is InChI=1S/C11H18S/c1-5-8-4-9(5)12-11-6(2)10(8)7(11)3/h5-11H,4H2,1-3H3. The third-order valence-electron chi connectivity index (χ3n) is 4.84. The van der Waals surface area contributed by atoms with Crippen LogP contribution in [-0.2, 0) is 0 Å². The molecule has 0 radical (unpaired) electrons. The molecule has 5 atom stereocenters. The maximum Gasteiger partial charge on any atom is 0.0107 e. The summed E-state index contributed by atoms with van der Waals surface area (Å²) in [6.07, 6.45) is 1.54. The molecule has 1 heteroatoms. The fourth-order valence-corrected chi connectivity index (χ4v) is 5.99. The lowest BCUT2D eigenvalue weighted by Gasteiger charge is -2.51. The summed E-state index contributed by atoms with van der Waals surface area (Å²) in [7, 11) is 0. The van der Waals surface area contributed by atoms with Gasteiger partial charge in [-0.25, -0.2) is 0 Å². The van der Waals surface area contributed by atoms with Crippen molar-refractivity contribution in [2.45, 2.75) is 37.7 Å². The maximum atomic E-state index is 2.48. The molecule has 4 saturated heterocycles. The molecule has 0 nitrogen and oxygen atoms in total. The van der Waals surface area contributed by atoms with Crippen molar-refractivity contribution in [2.75, 3.05) is 0 Å². The Hall–Kier alpha value is 0.350. The summed E-state index contributed by atoms with van der Waals surface area (Å²) in [5, 5.41) is 2.06. The molecule has 4 bridgehead atoms. The molecule has 6 rings (SSSR count). The van der Waals surface area contributed by atoms with E-state index in [1.165, 1.54) is 0 Å². The summed E-state index contributed by atoms with van der Waals surface area (Å²) in [4.78, 5) is 0. The molecule has 4 aliphatic heterocycles. The van der Waals surface area contributed by atoms with Gasteiger partial charge in [0.15, 0.2) is 0 Å². The second kappa shape index (κ2) is 2.23. The zero-order valence-electron chi connectivity index (χ0n) is 8.16. The van der Waals surface area contributed by atoms with Crippen molar-refractivity contribution in [3.05, 3.63) is 0 Å². The van der Waals surface area contributed by atoms with Crippen LogP contribution in [0.3, 0.4) is 0 Å². The van der Waals surface area contributed by atoms with E-state index in [4.69, 9.17) is 0 Å². The quantitative estimate of drug-likeness (QED) is 0.555. The van der Waals surface area contributed by atoms with Gasteiger partial charge in [-0.1, -0.05) is 20.8 Å². The van der Waals surface area contributed by atoms with Gasteiger partial charge in [0.05, 0.1) is 0 Å². The third-order valence-corrected chi connectivity index (χ3v) is 6.99. The van der Waals surface area contributed by atoms with E-state index in [0.717, 1.165) is 40.1 Å². The third kappa shape index (κ3) is 0.685. The SMILES string of the molecule is CC1C2CC1C1C(C)C(S2)C1C. The Labute approximate surface area is 79.5 Å². The fourth-order valence-electron chi connectivity index (χ4n) is 3.94. The molecule has 0 amide bonds. The van der Waals surface area contributed by atoms with Crippen LogP contribution in [0.25, 0.3) is 0 Å². The number of rotatable bonds is 0. The van der Waals surface area contributed by atoms with Gasteiger partial charge in [-0.3, -0.25) is 0 Å². The molecule has 0 aromatic rings. The van der Waals surface area contributed by atoms with E-state index in [0.29, 0.717) is 0 Å². The van der Waals surface area contributed by atoms with Gasteiger partial charge < -0.3 is 0 Å². The van der Waals surface area contributed by atoms with Crippen LogP contribution in [-0.4, -0.2) is 10.5 Å². The molecule has 4 heterocycles. The van der Waals surface area contributed by atoms with Gasteiger partial charge in [-0.15, -0.1) is 0 Å². The summed E-state index contributed by atoms with van der Waals surface area (Å²) in [6, 6.07) is 0. The molecular weight excluding hydrogens is 164 g/mol. The van der Waals surface area contributed by atoms with Gasteiger partial charge in [0.1, 0.15) is 0 Å². The summed E-state index contributed by atoms with van der Waals surface area (Å²) in [5.41, 5.74) is 0. The lowest BCUT2D eigenvalue weighted by Crippen LogP contribution is -2.50. The summed E-state index contributed by atoms with van der Waals surface area (Å²) < 4.78 is 0. The van der Waals surface area contributed by atoms with Gasteiger partial charge in [-0.2, -0.15) is 11.8 Å². The maximum absolute atomic E-state index is 2.48. The molecule has 68 valence electrons. The van der Waals surface area contributed by atoms with Crippen molar-refractivity contribution in [3.63, 3.8) is 0 Å². The van der Waals surface area contributed by atoms with E-state index in [9.17, 15) is 0 Å². The van der Waals surface area contributed by atoms with Crippen molar-refractivity contribution < 1.29 is 0 Å². The van der Waals surface area contributed by atoms with Gasteiger partial charge >= 0.3 is 0 Å². The predicted octanol–water partition coefficient (Wildman–Crippen LogP) is 3.03. The minimum atomic E-state index is 1.02. The van der Waals surface area contributed by atoms with Crippen molar-refractivity contribution >= 4 is 11.8 Å².